The Labute approximate surface area is 150 Å². The van der Waals surface area contributed by atoms with Crippen molar-refractivity contribution in [1.29, 1.82) is 0 Å². The number of hydrogen-bond donors (Lipinski definition) is 3. The van der Waals surface area contributed by atoms with E-state index in [-0.39, 0.29) is 6.61 Å². The summed E-state index contributed by atoms with van der Waals surface area (Å²) < 4.78 is 28.6. The molecule has 0 radical (unpaired) electrons. The molecule has 1 saturated heterocycles. The zero-order valence-corrected chi connectivity index (χ0v) is 15.7. The van der Waals surface area contributed by atoms with Crippen molar-refractivity contribution in [3.63, 3.8) is 0 Å². The van der Waals surface area contributed by atoms with Gasteiger partial charge in [0, 0.05) is 12.4 Å². The van der Waals surface area contributed by atoms with E-state index < -0.39 is 44.7 Å². The Hall–Kier alpha value is -1.17. The van der Waals surface area contributed by atoms with E-state index in [1.54, 1.807) is 0 Å². The summed E-state index contributed by atoms with van der Waals surface area (Å²) in [5.74, 6) is 0. The van der Waals surface area contributed by atoms with Gasteiger partial charge in [-0.3, -0.25) is 13.6 Å². The van der Waals surface area contributed by atoms with E-state index in [9.17, 15) is 24.5 Å². The van der Waals surface area contributed by atoms with Crippen LogP contribution >= 0.6 is 7.82 Å². The maximum Gasteiger partial charge on any atom is 0.472 e. The second kappa shape index (κ2) is 8.24. The van der Waals surface area contributed by atoms with Crippen LogP contribution in [0.5, 0.6) is 0 Å². The standard InChI is InChI=1S/C14H24N3O8P/c1-17(2,3)7-8-23-26(21,22)24-9-10-11(18)12(19)13(25-10)16-6-4-5-15-14(16)20/h4-6,10-13,18-19H,7-9H2,1-3H3/p+1/t10-,11-,12?,13-/m1/s1. The number of aromatic nitrogens is 2. The normalized spacial score (nSPS) is 28.8. The Morgan fingerprint density at radius 3 is 2.62 bits per heavy atom. The summed E-state index contributed by atoms with van der Waals surface area (Å²) in [6.45, 7) is -0.00918. The maximum absolute atomic E-state index is 11.9. The van der Waals surface area contributed by atoms with E-state index in [1.807, 2.05) is 21.1 Å². The van der Waals surface area contributed by atoms with Crippen molar-refractivity contribution in [2.24, 2.45) is 0 Å². The molecule has 12 heteroatoms. The summed E-state index contributed by atoms with van der Waals surface area (Å²) in [4.78, 5) is 25.0. The monoisotopic (exact) mass is 394 g/mol. The fourth-order valence-corrected chi connectivity index (χ4v) is 3.02. The lowest BCUT2D eigenvalue weighted by atomic mass is 10.1. The molecule has 148 valence electrons. The summed E-state index contributed by atoms with van der Waals surface area (Å²) in [6, 6.07) is 1.47. The SMILES string of the molecule is C[N+](C)(C)CCOP(=O)(O)OC[C@H]1O[C@@H](n2cccnc2=O)C(O)[C@@H]1O. The van der Waals surface area contributed by atoms with Gasteiger partial charge >= 0.3 is 13.5 Å². The van der Waals surface area contributed by atoms with E-state index in [2.05, 4.69) is 4.98 Å². The van der Waals surface area contributed by atoms with Crippen molar-refractivity contribution >= 4 is 7.82 Å². The third kappa shape index (κ3) is 5.66. The van der Waals surface area contributed by atoms with Crippen LogP contribution in [0.15, 0.2) is 23.3 Å². The van der Waals surface area contributed by atoms with Gasteiger partial charge in [0.25, 0.3) is 0 Å². The Morgan fingerprint density at radius 2 is 2.00 bits per heavy atom. The van der Waals surface area contributed by atoms with Gasteiger partial charge in [-0.1, -0.05) is 0 Å². The first-order chi connectivity index (χ1) is 12.0. The van der Waals surface area contributed by atoms with Crippen LogP contribution in [0, 0.1) is 0 Å². The van der Waals surface area contributed by atoms with Crippen LogP contribution in [0.2, 0.25) is 0 Å². The molecule has 0 aliphatic carbocycles. The van der Waals surface area contributed by atoms with Crippen molar-refractivity contribution in [1.82, 2.24) is 9.55 Å². The highest BCUT2D eigenvalue weighted by Crippen LogP contribution is 2.44. The van der Waals surface area contributed by atoms with E-state index in [0.717, 1.165) is 4.57 Å². The summed E-state index contributed by atoms with van der Waals surface area (Å²) in [5.41, 5.74) is -0.665. The van der Waals surface area contributed by atoms with E-state index in [4.69, 9.17) is 13.8 Å². The Balaban J connectivity index is 1.93. The average Bonchev–Trinajstić information content (AvgIpc) is 2.80. The number of phosphoric ester groups is 1. The predicted molar refractivity (Wildman–Crippen MR) is 89.0 cm³/mol. The molecule has 1 fully saturated rings. The van der Waals surface area contributed by atoms with Crippen LogP contribution in [0.4, 0.5) is 0 Å². The molecule has 0 saturated carbocycles. The summed E-state index contributed by atoms with van der Waals surface area (Å²) in [7, 11) is 1.36. The third-order valence-electron chi connectivity index (χ3n) is 3.77. The summed E-state index contributed by atoms with van der Waals surface area (Å²) in [5, 5.41) is 20.1. The lowest BCUT2D eigenvalue weighted by Crippen LogP contribution is -2.37. The van der Waals surface area contributed by atoms with Crippen LogP contribution in [-0.2, 0) is 18.3 Å². The first-order valence-corrected chi connectivity index (χ1v) is 9.47. The number of nitrogens with zero attached hydrogens (tertiary/aromatic N) is 3. The smallest absolute Gasteiger partial charge is 0.387 e. The molecular formula is C14H25N3O8P+. The van der Waals surface area contributed by atoms with Crippen molar-refractivity contribution in [2.75, 3.05) is 40.9 Å². The van der Waals surface area contributed by atoms with Gasteiger partial charge in [-0.05, 0) is 6.07 Å². The molecule has 2 unspecified atom stereocenters. The largest absolute Gasteiger partial charge is 0.472 e. The zero-order valence-electron chi connectivity index (χ0n) is 14.8. The molecule has 2 heterocycles. The van der Waals surface area contributed by atoms with Gasteiger partial charge in [0.15, 0.2) is 6.23 Å². The first kappa shape index (κ1) is 21.1. The molecule has 0 aromatic carbocycles. The molecule has 1 aromatic heterocycles. The molecule has 5 atom stereocenters. The lowest BCUT2D eigenvalue weighted by molar-refractivity contribution is -0.870. The minimum Gasteiger partial charge on any atom is -0.387 e. The van der Waals surface area contributed by atoms with Crippen LogP contribution in [0.25, 0.3) is 0 Å². The number of quaternary nitrogens is 1. The van der Waals surface area contributed by atoms with Crippen molar-refractivity contribution in [3.8, 4) is 0 Å². The van der Waals surface area contributed by atoms with Gasteiger partial charge in [-0.25, -0.2) is 14.3 Å². The molecule has 1 aliphatic rings. The summed E-state index contributed by atoms with van der Waals surface area (Å²) >= 11 is 0. The number of likely N-dealkylation sites (N-methyl/N-ethyl adjacent to an activating group) is 1. The Morgan fingerprint density at radius 1 is 1.31 bits per heavy atom. The van der Waals surface area contributed by atoms with Gasteiger partial charge in [-0.2, -0.15) is 0 Å². The molecule has 11 nitrogen and oxygen atoms in total. The number of aliphatic hydroxyl groups is 2. The van der Waals surface area contributed by atoms with Gasteiger partial charge in [0.05, 0.1) is 27.7 Å². The first-order valence-electron chi connectivity index (χ1n) is 7.97. The molecule has 2 rings (SSSR count). The number of hydrogen-bond acceptors (Lipinski definition) is 8. The van der Waals surface area contributed by atoms with E-state index in [0.29, 0.717) is 11.0 Å². The minimum atomic E-state index is -4.34. The number of aliphatic hydroxyl groups excluding tert-OH is 2. The topological polar surface area (TPSA) is 140 Å². The second-order valence-electron chi connectivity index (χ2n) is 6.97. The van der Waals surface area contributed by atoms with Crippen molar-refractivity contribution < 1.29 is 37.9 Å². The summed E-state index contributed by atoms with van der Waals surface area (Å²) in [6.07, 6.45) is -2.51. The number of phosphoric acid groups is 1. The number of ether oxygens (including phenoxy) is 1. The third-order valence-corrected chi connectivity index (χ3v) is 4.75. The van der Waals surface area contributed by atoms with Gasteiger partial charge in [0.1, 0.15) is 31.5 Å². The van der Waals surface area contributed by atoms with Crippen LogP contribution in [0.3, 0.4) is 0 Å². The Bertz CT molecular complexity index is 706. The van der Waals surface area contributed by atoms with Crippen LogP contribution in [-0.4, -0.2) is 88.4 Å². The van der Waals surface area contributed by atoms with Crippen molar-refractivity contribution in [3.05, 3.63) is 28.9 Å². The van der Waals surface area contributed by atoms with Gasteiger partial charge in [-0.15, -0.1) is 0 Å². The van der Waals surface area contributed by atoms with Gasteiger partial charge < -0.3 is 24.3 Å². The molecule has 0 bridgehead atoms. The van der Waals surface area contributed by atoms with E-state index in [1.165, 1.54) is 18.5 Å². The van der Waals surface area contributed by atoms with E-state index >= 15 is 0 Å². The minimum absolute atomic E-state index is 0.00167. The molecule has 0 amide bonds. The zero-order chi connectivity index (χ0) is 19.5. The number of rotatable bonds is 8. The molecular weight excluding hydrogens is 369 g/mol. The van der Waals surface area contributed by atoms with Crippen LogP contribution in [0.1, 0.15) is 6.23 Å². The molecule has 26 heavy (non-hydrogen) atoms. The van der Waals surface area contributed by atoms with Gasteiger partial charge in [0.2, 0.25) is 0 Å². The molecule has 3 N–H and O–H groups in total. The highest BCUT2D eigenvalue weighted by Gasteiger charge is 2.45. The second-order valence-corrected chi connectivity index (χ2v) is 8.42. The highest BCUT2D eigenvalue weighted by molar-refractivity contribution is 7.47. The Kier molecular flexibility index (Phi) is 6.70. The maximum atomic E-state index is 11.9. The fourth-order valence-electron chi connectivity index (χ4n) is 2.29. The molecule has 1 aliphatic heterocycles. The van der Waals surface area contributed by atoms with Crippen molar-refractivity contribution in [2.45, 2.75) is 24.5 Å². The fraction of sp³-hybridized carbons (Fsp3) is 0.714. The molecule has 1 aromatic rings. The highest BCUT2D eigenvalue weighted by atomic mass is 31.2. The average molecular weight is 394 g/mol. The lowest BCUT2D eigenvalue weighted by Gasteiger charge is -2.24. The molecule has 0 spiro atoms. The predicted octanol–water partition coefficient (Wildman–Crippen LogP) is -1.30. The quantitative estimate of drug-likeness (QED) is 0.362. The van der Waals surface area contributed by atoms with Crippen LogP contribution < -0.4 is 5.69 Å².